The van der Waals surface area contributed by atoms with Gasteiger partial charge in [-0.3, -0.25) is 0 Å². The van der Waals surface area contributed by atoms with Gasteiger partial charge in [0.15, 0.2) is 0 Å². The van der Waals surface area contributed by atoms with Gasteiger partial charge in [0.1, 0.15) is 0 Å². The molecule has 0 bridgehead atoms. The molecule has 1 aliphatic rings. The topological polar surface area (TPSA) is 3.24 Å². The molecule has 0 saturated carbocycles. The van der Waals surface area contributed by atoms with Crippen molar-refractivity contribution in [2.24, 2.45) is 0 Å². The van der Waals surface area contributed by atoms with E-state index in [0.717, 1.165) is 0 Å². The van der Waals surface area contributed by atoms with Crippen LogP contribution in [-0.2, 0) is 0 Å². The predicted molar refractivity (Wildman–Crippen MR) is 77.9 cm³/mol. The van der Waals surface area contributed by atoms with E-state index in [4.69, 9.17) is 11.6 Å². The first-order valence-corrected chi connectivity index (χ1v) is 8.13. The fourth-order valence-electron chi connectivity index (χ4n) is 2.59. The van der Waals surface area contributed by atoms with Crippen LogP contribution in [0, 0.1) is 0 Å². The van der Waals surface area contributed by atoms with E-state index in [1.54, 1.807) is 0 Å². The molecule has 1 saturated heterocycles. The van der Waals surface area contributed by atoms with Crippen LogP contribution in [-0.4, -0.2) is 29.9 Å². The minimum atomic E-state index is 0.449. The van der Waals surface area contributed by atoms with E-state index in [-0.39, 0.29) is 0 Å². The van der Waals surface area contributed by atoms with Gasteiger partial charge in [-0.1, -0.05) is 51.9 Å². The molecule has 102 valence electrons. The second-order valence-corrected chi connectivity index (χ2v) is 6.11. The largest absolute Gasteiger partial charge is 0.303 e. The molecule has 0 radical (unpaired) electrons. The van der Waals surface area contributed by atoms with Crippen molar-refractivity contribution in [2.75, 3.05) is 19.6 Å². The number of unbranched alkanes of at least 4 members (excludes halogenated alkanes) is 7. The molecule has 0 aliphatic carbocycles. The number of hydrogen-bond donors (Lipinski definition) is 0. The maximum absolute atomic E-state index is 6.10. The lowest BCUT2D eigenvalue weighted by Crippen LogP contribution is -2.34. The zero-order valence-corrected chi connectivity index (χ0v) is 12.4. The highest BCUT2D eigenvalue weighted by Gasteiger charge is 2.15. The van der Waals surface area contributed by atoms with Crippen LogP contribution in [0.25, 0.3) is 0 Å². The molecule has 0 spiro atoms. The number of nitrogens with zero attached hydrogens (tertiary/aromatic N) is 1. The van der Waals surface area contributed by atoms with Crippen LogP contribution in [0.1, 0.15) is 71.1 Å². The SMILES string of the molecule is CCCCCCCCCCN1CCC(Cl)CC1. The Morgan fingerprint density at radius 3 is 2.00 bits per heavy atom. The maximum atomic E-state index is 6.10. The first-order chi connectivity index (χ1) is 8.33. The molecule has 1 nitrogen and oxygen atoms in total. The van der Waals surface area contributed by atoms with Gasteiger partial charge in [0.05, 0.1) is 0 Å². The van der Waals surface area contributed by atoms with E-state index in [1.165, 1.54) is 83.8 Å². The van der Waals surface area contributed by atoms with Crippen molar-refractivity contribution in [3.63, 3.8) is 0 Å². The molecule has 0 aromatic rings. The third kappa shape index (κ3) is 8.05. The Bertz CT molecular complexity index is 164. The molecular weight excluding hydrogens is 230 g/mol. The summed E-state index contributed by atoms with van der Waals surface area (Å²) in [5, 5.41) is 0.449. The van der Waals surface area contributed by atoms with Crippen molar-refractivity contribution < 1.29 is 0 Å². The number of alkyl halides is 1. The van der Waals surface area contributed by atoms with Crippen LogP contribution in [0.2, 0.25) is 0 Å². The smallest absolute Gasteiger partial charge is 0.0360 e. The number of halogens is 1. The molecule has 1 rings (SSSR count). The van der Waals surface area contributed by atoms with Crippen LogP contribution >= 0.6 is 11.6 Å². The Labute approximate surface area is 113 Å². The molecule has 0 N–H and O–H groups in total. The van der Waals surface area contributed by atoms with Crippen LogP contribution in [0.3, 0.4) is 0 Å². The number of likely N-dealkylation sites (tertiary alicyclic amines) is 1. The lowest BCUT2D eigenvalue weighted by Gasteiger charge is -2.29. The zero-order valence-electron chi connectivity index (χ0n) is 11.6. The summed E-state index contributed by atoms with van der Waals surface area (Å²) in [7, 11) is 0. The third-order valence-electron chi connectivity index (χ3n) is 3.85. The molecule has 1 aliphatic heterocycles. The first-order valence-electron chi connectivity index (χ1n) is 7.69. The van der Waals surface area contributed by atoms with E-state index in [0.29, 0.717) is 5.38 Å². The molecule has 2 heteroatoms. The summed E-state index contributed by atoms with van der Waals surface area (Å²) in [5.74, 6) is 0. The van der Waals surface area contributed by atoms with E-state index < -0.39 is 0 Å². The van der Waals surface area contributed by atoms with Gasteiger partial charge in [0.2, 0.25) is 0 Å². The Morgan fingerprint density at radius 2 is 1.41 bits per heavy atom. The molecule has 17 heavy (non-hydrogen) atoms. The van der Waals surface area contributed by atoms with Crippen LogP contribution in [0.5, 0.6) is 0 Å². The molecule has 1 heterocycles. The van der Waals surface area contributed by atoms with Gasteiger partial charge in [0, 0.05) is 5.38 Å². The van der Waals surface area contributed by atoms with Gasteiger partial charge in [-0.2, -0.15) is 0 Å². The highest BCUT2D eigenvalue weighted by Crippen LogP contribution is 2.16. The Balaban J connectivity index is 1.81. The van der Waals surface area contributed by atoms with Crippen molar-refractivity contribution in [1.82, 2.24) is 4.90 Å². The fraction of sp³-hybridized carbons (Fsp3) is 1.00. The van der Waals surface area contributed by atoms with Crippen molar-refractivity contribution in [1.29, 1.82) is 0 Å². The summed E-state index contributed by atoms with van der Waals surface area (Å²) in [6.45, 7) is 6.04. The Hall–Kier alpha value is 0.250. The lowest BCUT2D eigenvalue weighted by molar-refractivity contribution is 0.226. The van der Waals surface area contributed by atoms with Crippen LogP contribution in [0.4, 0.5) is 0 Å². The molecule has 0 atom stereocenters. The zero-order chi connectivity index (χ0) is 12.3. The minimum absolute atomic E-state index is 0.449. The summed E-state index contributed by atoms with van der Waals surface area (Å²) >= 11 is 6.10. The lowest BCUT2D eigenvalue weighted by atomic mass is 10.1. The number of piperidine rings is 1. The van der Waals surface area contributed by atoms with Crippen LogP contribution in [0.15, 0.2) is 0 Å². The van der Waals surface area contributed by atoms with Crippen molar-refractivity contribution in [3.8, 4) is 0 Å². The monoisotopic (exact) mass is 259 g/mol. The fourth-order valence-corrected chi connectivity index (χ4v) is 2.79. The Morgan fingerprint density at radius 1 is 0.882 bits per heavy atom. The van der Waals surface area contributed by atoms with Crippen molar-refractivity contribution in [2.45, 2.75) is 76.5 Å². The molecular formula is C15H30ClN. The number of rotatable bonds is 9. The average molecular weight is 260 g/mol. The number of hydrogen-bond acceptors (Lipinski definition) is 1. The molecule has 1 fully saturated rings. The summed E-state index contributed by atoms with van der Waals surface area (Å²) in [4.78, 5) is 2.59. The quantitative estimate of drug-likeness (QED) is 0.423. The highest BCUT2D eigenvalue weighted by atomic mass is 35.5. The summed E-state index contributed by atoms with van der Waals surface area (Å²) < 4.78 is 0. The highest BCUT2D eigenvalue weighted by molar-refractivity contribution is 6.20. The standard InChI is InChI=1S/C15H30ClN/c1-2-3-4-5-6-7-8-9-12-17-13-10-15(16)11-14-17/h15H,2-14H2,1H3. The normalized spacial score (nSPS) is 18.7. The minimum Gasteiger partial charge on any atom is -0.303 e. The van der Waals surface area contributed by atoms with E-state index >= 15 is 0 Å². The molecule has 0 aromatic heterocycles. The Kier molecular flexibility index (Phi) is 9.18. The van der Waals surface area contributed by atoms with Gasteiger partial charge in [-0.15, -0.1) is 11.6 Å². The summed E-state index contributed by atoms with van der Waals surface area (Å²) in [5.41, 5.74) is 0. The van der Waals surface area contributed by atoms with E-state index in [9.17, 15) is 0 Å². The molecule has 0 unspecified atom stereocenters. The predicted octanol–water partition coefficient (Wildman–Crippen LogP) is 4.83. The van der Waals surface area contributed by atoms with Gasteiger partial charge in [-0.05, 0) is 38.9 Å². The van der Waals surface area contributed by atoms with Gasteiger partial charge in [-0.25, -0.2) is 0 Å². The average Bonchev–Trinajstić information content (AvgIpc) is 2.35. The summed E-state index contributed by atoms with van der Waals surface area (Å²) in [6, 6.07) is 0. The third-order valence-corrected chi connectivity index (χ3v) is 4.28. The maximum Gasteiger partial charge on any atom is 0.0360 e. The first kappa shape index (κ1) is 15.3. The van der Waals surface area contributed by atoms with Gasteiger partial charge >= 0.3 is 0 Å². The second-order valence-electron chi connectivity index (χ2n) is 5.49. The molecule has 0 aromatic carbocycles. The van der Waals surface area contributed by atoms with Crippen molar-refractivity contribution >= 4 is 11.6 Å². The van der Waals surface area contributed by atoms with Crippen molar-refractivity contribution in [3.05, 3.63) is 0 Å². The molecule has 0 amide bonds. The van der Waals surface area contributed by atoms with Gasteiger partial charge < -0.3 is 4.90 Å². The van der Waals surface area contributed by atoms with E-state index in [2.05, 4.69) is 11.8 Å². The second kappa shape index (κ2) is 10.2. The van der Waals surface area contributed by atoms with E-state index in [1.807, 2.05) is 0 Å². The summed E-state index contributed by atoms with van der Waals surface area (Å²) in [6.07, 6.45) is 13.8. The van der Waals surface area contributed by atoms with Crippen LogP contribution < -0.4 is 0 Å². The van der Waals surface area contributed by atoms with Gasteiger partial charge in [0.25, 0.3) is 0 Å².